The number of benzene rings is 3. The molecule has 0 aliphatic heterocycles. The van der Waals surface area contributed by atoms with Crippen LogP contribution in [0.25, 0.3) is 33.4 Å². The number of rotatable bonds is 4. The van der Waals surface area contributed by atoms with Crippen LogP contribution in [0.15, 0.2) is 82.3 Å². The van der Waals surface area contributed by atoms with E-state index >= 15 is 0 Å². The van der Waals surface area contributed by atoms with Gasteiger partial charge in [-0.3, -0.25) is 4.79 Å². The van der Waals surface area contributed by atoms with Crippen molar-refractivity contribution in [3.05, 3.63) is 83.9 Å². The standard InChI is InChI=1S/C24H18N4O4/c1-31-20-9-5-2-6-16(20)23(30)27-28-24-17(12-14-10-11-15(29)13-21(14)32-24)22-25-18-7-3-4-8-19(18)26-22/h2-13,29H,1H3,(H,25,26)(H,27,30)/b28-24+. The topological polar surface area (TPSA) is 113 Å². The average Bonchev–Trinajstić information content (AvgIpc) is 3.26. The maximum absolute atomic E-state index is 12.7. The first-order valence-corrected chi connectivity index (χ1v) is 9.81. The van der Waals surface area contributed by atoms with Gasteiger partial charge in [0.2, 0.25) is 5.55 Å². The largest absolute Gasteiger partial charge is 0.508 e. The second kappa shape index (κ2) is 7.92. The normalized spacial score (nSPS) is 11.7. The fraction of sp³-hybridized carbons (Fsp3) is 0.0417. The molecule has 2 aromatic heterocycles. The van der Waals surface area contributed by atoms with Crippen molar-refractivity contribution in [2.75, 3.05) is 7.11 Å². The molecule has 1 amide bonds. The van der Waals surface area contributed by atoms with Crippen LogP contribution < -0.4 is 15.7 Å². The van der Waals surface area contributed by atoms with Gasteiger partial charge in [0.1, 0.15) is 22.9 Å². The summed E-state index contributed by atoms with van der Waals surface area (Å²) < 4.78 is 11.2. The van der Waals surface area contributed by atoms with Crippen LogP contribution in [0.4, 0.5) is 0 Å². The molecule has 2 heterocycles. The lowest BCUT2D eigenvalue weighted by Crippen LogP contribution is -2.22. The molecule has 32 heavy (non-hydrogen) atoms. The zero-order valence-electron chi connectivity index (χ0n) is 17.0. The second-order valence-corrected chi connectivity index (χ2v) is 7.04. The molecule has 8 heteroatoms. The Bertz CT molecular complexity index is 1500. The third-order valence-electron chi connectivity index (χ3n) is 4.99. The molecule has 158 valence electrons. The molecule has 0 atom stereocenters. The number of nitrogens with zero attached hydrogens (tertiary/aromatic N) is 2. The minimum absolute atomic E-state index is 0.0572. The predicted molar refractivity (Wildman–Crippen MR) is 119 cm³/mol. The molecule has 3 N–H and O–H groups in total. The number of phenolic OH excluding ortho intramolecular Hbond substituents is 1. The molecule has 0 bridgehead atoms. The lowest BCUT2D eigenvalue weighted by Gasteiger charge is -2.07. The fourth-order valence-electron chi connectivity index (χ4n) is 3.43. The minimum atomic E-state index is -0.454. The third kappa shape index (κ3) is 3.54. The zero-order valence-corrected chi connectivity index (χ0v) is 17.0. The molecule has 0 radical (unpaired) electrons. The number of imidazole rings is 1. The summed E-state index contributed by atoms with van der Waals surface area (Å²) in [6.07, 6.45) is 0. The Morgan fingerprint density at radius 1 is 1.09 bits per heavy atom. The van der Waals surface area contributed by atoms with E-state index in [1.165, 1.54) is 13.2 Å². The van der Waals surface area contributed by atoms with Gasteiger partial charge < -0.3 is 19.2 Å². The van der Waals surface area contributed by atoms with Crippen molar-refractivity contribution in [2.24, 2.45) is 5.10 Å². The maximum Gasteiger partial charge on any atom is 0.275 e. The number of hydrogen-bond donors (Lipinski definition) is 3. The van der Waals surface area contributed by atoms with Crippen LogP contribution in [0.5, 0.6) is 11.5 Å². The lowest BCUT2D eigenvalue weighted by atomic mass is 10.1. The van der Waals surface area contributed by atoms with Crippen molar-refractivity contribution in [3.8, 4) is 22.9 Å². The summed E-state index contributed by atoms with van der Waals surface area (Å²) in [5.74, 6) is 0.569. The van der Waals surface area contributed by atoms with Crippen LogP contribution in [0.1, 0.15) is 10.4 Å². The highest BCUT2D eigenvalue weighted by Crippen LogP contribution is 2.24. The number of hydrogen-bond acceptors (Lipinski definition) is 6. The molecule has 5 aromatic rings. The Kier molecular flexibility index (Phi) is 4.79. The van der Waals surface area contributed by atoms with Crippen LogP contribution in [0.3, 0.4) is 0 Å². The molecule has 0 aliphatic carbocycles. The van der Waals surface area contributed by atoms with E-state index in [1.807, 2.05) is 30.3 Å². The fourth-order valence-corrected chi connectivity index (χ4v) is 3.43. The maximum atomic E-state index is 12.7. The molecule has 8 nitrogen and oxygen atoms in total. The first kappa shape index (κ1) is 19.4. The van der Waals surface area contributed by atoms with Crippen LogP contribution in [0, 0.1) is 0 Å². The number of amides is 1. The lowest BCUT2D eigenvalue weighted by molar-refractivity contribution is 0.0948. The van der Waals surface area contributed by atoms with E-state index in [0.29, 0.717) is 28.3 Å². The van der Waals surface area contributed by atoms with Gasteiger partial charge in [-0.05, 0) is 42.5 Å². The van der Waals surface area contributed by atoms with Crippen LogP contribution in [-0.2, 0) is 0 Å². The number of aromatic amines is 1. The Morgan fingerprint density at radius 2 is 1.91 bits per heavy atom. The molecular formula is C24H18N4O4. The Hall–Kier alpha value is -4.59. The van der Waals surface area contributed by atoms with Gasteiger partial charge in [-0.1, -0.05) is 24.3 Å². The third-order valence-corrected chi connectivity index (χ3v) is 4.99. The summed E-state index contributed by atoms with van der Waals surface area (Å²) in [4.78, 5) is 20.6. The number of phenols is 1. The number of H-pyrrole nitrogens is 1. The highest BCUT2D eigenvalue weighted by atomic mass is 16.5. The molecule has 0 spiro atoms. The number of ether oxygens (including phenoxy) is 1. The average molecular weight is 426 g/mol. The highest BCUT2D eigenvalue weighted by Gasteiger charge is 2.14. The molecule has 0 unspecified atom stereocenters. The first-order chi connectivity index (χ1) is 15.6. The van der Waals surface area contributed by atoms with Crippen molar-refractivity contribution in [2.45, 2.75) is 0 Å². The number of carbonyl (C=O) groups excluding carboxylic acids is 1. The first-order valence-electron chi connectivity index (χ1n) is 9.81. The van der Waals surface area contributed by atoms with Gasteiger partial charge in [-0.15, -0.1) is 5.10 Å². The van der Waals surface area contributed by atoms with Crippen LogP contribution >= 0.6 is 0 Å². The van der Waals surface area contributed by atoms with E-state index in [0.717, 1.165) is 16.4 Å². The number of methoxy groups -OCH3 is 1. The summed E-state index contributed by atoms with van der Waals surface area (Å²) in [7, 11) is 1.49. The summed E-state index contributed by atoms with van der Waals surface area (Å²) in [5, 5.41) is 14.8. The van der Waals surface area contributed by atoms with Gasteiger partial charge in [0.15, 0.2) is 0 Å². The number of aromatic hydroxyl groups is 1. The predicted octanol–water partition coefficient (Wildman–Crippen LogP) is 3.94. The summed E-state index contributed by atoms with van der Waals surface area (Å²) in [6, 6.07) is 21.1. The molecule has 0 fully saturated rings. The Labute approximate surface area is 181 Å². The van der Waals surface area contributed by atoms with Crippen LogP contribution in [-0.4, -0.2) is 28.1 Å². The Morgan fingerprint density at radius 3 is 2.75 bits per heavy atom. The number of nitrogens with one attached hydrogen (secondary N) is 2. The van der Waals surface area contributed by atoms with Crippen LogP contribution in [0.2, 0.25) is 0 Å². The molecule has 0 aliphatic rings. The molecule has 5 rings (SSSR count). The van der Waals surface area contributed by atoms with Gasteiger partial charge in [-0.2, -0.15) is 0 Å². The van der Waals surface area contributed by atoms with Crippen molar-refractivity contribution < 1.29 is 19.1 Å². The molecule has 3 aromatic carbocycles. The monoisotopic (exact) mass is 426 g/mol. The smallest absolute Gasteiger partial charge is 0.275 e. The number of para-hydroxylation sites is 3. The van der Waals surface area contributed by atoms with E-state index in [2.05, 4.69) is 20.5 Å². The number of carbonyl (C=O) groups is 1. The van der Waals surface area contributed by atoms with E-state index in [4.69, 9.17) is 9.15 Å². The second-order valence-electron chi connectivity index (χ2n) is 7.04. The SMILES string of the molecule is COc1ccccc1C(=O)N/N=c1/oc2cc(O)ccc2cc1-c1nc2ccccc2[nH]1. The van der Waals surface area contributed by atoms with Gasteiger partial charge in [0, 0.05) is 11.5 Å². The minimum Gasteiger partial charge on any atom is -0.508 e. The van der Waals surface area contributed by atoms with E-state index < -0.39 is 5.91 Å². The van der Waals surface area contributed by atoms with Crippen molar-refractivity contribution >= 4 is 27.9 Å². The number of fused-ring (bicyclic) bond motifs is 2. The van der Waals surface area contributed by atoms with Crippen molar-refractivity contribution in [3.63, 3.8) is 0 Å². The van der Waals surface area contributed by atoms with Gasteiger partial charge in [0.05, 0.1) is 29.3 Å². The van der Waals surface area contributed by atoms with Gasteiger partial charge in [-0.25, -0.2) is 10.4 Å². The van der Waals surface area contributed by atoms with E-state index in [-0.39, 0.29) is 11.3 Å². The Balaban J connectivity index is 1.64. The highest BCUT2D eigenvalue weighted by molar-refractivity contribution is 5.96. The zero-order chi connectivity index (χ0) is 22.1. The summed E-state index contributed by atoms with van der Waals surface area (Å²) in [5.41, 5.74) is 5.60. The summed E-state index contributed by atoms with van der Waals surface area (Å²) >= 11 is 0. The molecule has 0 saturated carbocycles. The number of aromatic nitrogens is 2. The van der Waals surface area contributed by atoms with Crippen molar-refractivity contribution in [1.82, 2.24) is 15.4 Å². The van der Waals surface area contributed by atoms with Gasteiger partial charge >= 0.3 is 0 Å². The molecule has 0 saturated heterocycles. The van der Waals surface area contributed by atoms with E-state index in [1.54, 1.807) is 36.4 Å². The molecular weight excluding hydrogens is 408 g/mol. The quantitative estimate of drug-likeness (QED) is 0.377. The van der Waals surface area contributed by atoms with E-state index in [9.17, 15) is 9.90 Å². The summed E-state index contributed by atoms with van der Waals surface area (Å²) in [6.45, 7) is 0. The van der Waals surface area contributed by atoms with Gasteiger partial charge in [0.25, 0.3) is 5.91 Å². The van der Waals surface area contributed by atoms with Crippen molar-refractivity contribution in [1.29, 1.82) is 0 Å².